The molecule has 1 N–H and O–H groups in total. The number of halogens is 1. The van der Waals surface area contributed by atoms with Crippen molar-refractivity contribution in [2.75, 3.05) is 4.72 Å². The highest BCUT2D eigenvalue weighted by atomic mass is 35.5. The second-order valence-electron chi connectivity index (χ2n) is 7.06. The van der Waals surface area contributed by atoms with Crippen LogP contribution >= 0.6 is 11.6 Å². The van der Waals surface area contributed by atoms with E-state index in [2.05, 4.69) is 14.7 Å². The lowest BCUT2D eigenvalue weighted by atomic mass is 10.1. The van der Waals surface area contributed by atoms with E-state index in [1.807, 2.05) is 0 Å². The van der Waals surface area contributed by atoms with E-state index >= 15 is 0 Å². The summed E-state index contributed by atoms with van der Waals surface area (Å²) in [6, 6.07) is 15.6. The first-order chi connectivity index (χ1) is 15.2. The van der Waals surface area contributed by atoms with Crippen LogP contribution < -0.4 is 4.72 Å². The van der Waals surface area contributed by atoms with Gasteiger partial charge in [-0.25, -0.2) is 18.4 Å². The number of anilines is 1. The van der Waals surface area contributed by atoms with Gasteiger partial charge in [-0.3, -0.25) is 9.52 Å². The third-order valence-electron chi connectivity index (χ3n) is 4.66. The molecular weight excluding hydrogens is 450 g/mol. The van der Waals surface area contributed by atoms with Crippen LogP contribution in [-0.2, 0) is 10.0 Å². The Balaban J connectivity index is 1.65. The van der Waals surface area contributed by atoms with Crippen LogP contribution in [0.15, 0.2) is 76.2 Å². The fourth-order valence-corrected chi connectivity index (χ4v) is 4.35. The summed E-state index contributed by atoms with van der Waals surface area (Å²) in [5.41, 5.74) is 1.77. The molecule has 4 rings (SSSR count). The molecule has 0 spiro atoms. The van der Waals surface area contributed by atoms with Crippen molar-refractivity contribution in [2.45, 2.75) is 18.7 Å². The van der Waals surface area contributed by atoms with Crippen LogP contribution in [0.4, 0.5) is 5.69 Å². The summed E-state index contributed by atoms with van der Waals surface area (Å²) >= 11 is 6.08. The number of oxazole rings is 1. The van der Waals surface area contributed by atoms with E-state index in [1.165, 1.54) is 30.3 Å². The summed E-state index contributed by atoms with van der Waals surface area (Å²) in [5, 5.41) is 0.302. The van der Waals surface area contributed by atoms with Crippen LogP contribution in [0.2, 0.25) is 5.02 Å². The summed E-state index contributed by atoms with van der Waals surface area (Å²) in [6.45, 7) is 3.49. The number of ketones is 1. The van der Waals surface area contributed by atoms with Gasteiger partial charge in [0.2, 0.25) is 5.78 Å². The molecular formula is C23H18ClN3O4S. The lowest BCUT2D eigenvalue weighted by Gasteiger charge is -2.13. The Labute approximate surface area is 190 Å². The van der Waals surface area contributed by atoms with E-state index in [9.17, 15) is 13.2 Å². The van der Waals surface area contributed by atoms with E-state index in [4.69, 9.17) is 16.0 Å². The zero-order valence-corrected chi connectivity index (χ0v) is 18.7. The SMILES string of the molecule is Cc1cccc(C(=O)c2cc(Cl)ccc2NS(=O)(=O)c2ccc(-c3cnc(C)o3)cc2)n1. The first kappa shape index (κ1) is 21.7. The van der Waals surface area contributed by atoms with Crippen molar-refractivity contribution in [1.82, 2.24) is 9.97 Å². The van der Waals surface area contributed by atoms with Crippen molar-refractivity contribution in [3.05, 3.63) is 94.7 Å². The van der Waals surface area contributed by atoms with Crippen molar-refractivity contribution in [3.8, 4) is 11.3 Å². The van der Waals surface area contributed by atoms with Gasteiger partial charge in [0.15, 0.2) is 11.7 Å². The van der Waals surface area contributed by atoms with Crippen LogP contribution in [0.3, 0.4) is 0 Å². The maximum Gasteiger partial charge on any atom is 0.261 e. The average Bonchev–Trinajstić information content (AvgIpc) is 3.21. The molecule has 2 aromatic carbocycles. The largest absolute Gasteiger partial charge is 0.441 e. The lowest BCUT2D eigenvalue weighted by molar-refractivity contribution is 0.103. The number of aryl methyl sites for hydroxylation is 2. The first-order valence-electron chi connectivity index (χ1n) is 9.56. The monoisotopic (exact) mass is 467 g/mol. The Morgan fingerprint density at radius 1 is 1.03 bits per heavy atom. The number of hydrogen-bond donors (Lipinski definition) is 1. The van der Waals surface area contributed by atoms with Gasteiger partial charge in [-0.1, -0.05) is 17.7 Å². The van der Waals surface area contributed by atoms with Crippen molar-refractivity contribution in [2.24, 2.45) is 0 Å². The topological polar surface area (TPSA) is 102 Å². The number of sulfonamides is 1. The van der Waals surface area contributed by atoms with E-state index in [1.54, 1.807) is 50.4 Å². The highest BCUT2D eigenvalue weighted by Gasteiger charge is 2.21. The minimum atomic E-state index is -3.98. The lowest BCUT2D eigenvalue weighted by Crippen LogP contribution is -2.16. The normalized spacial score (nSPS) is 11.3. The molecule has 9 heteroatoms. The molecule has 0 saturated heterocycles. The highest BCUT2D eigenvalue weighted by molar-refractivity contribution is 7.92. The van der Waals surface area contributed by atoms with Gasteiger partial charge in [0, 0.05) is 28.8 Å². The predicted octanol–water partition coefficient (Wildman–Crippen LogP) is 5.04. The second-order valence-corrected chi connectivity index (χ2v) is 9.18. The number of carbonyl (C=O) groups is 1. The maximum absolute atomic E-state index is 13.0. The van der Waals surface area contributed by atoms with Gasteiger partial charge in [0.1, 0.15) is 5.69 Å². The molecule has 0 fully saturated rings. The second kappa shape index (κ2) is 8.57. The van der Waals surface area contributed by atoms with Gasteiger partial charge in [-0.2, -0.15) is 0 Å². The summed E-state index contributed by atoms with van der Waals surface area (Å²) in [7, 11) is -3.98. The molecule has 0 bridgehead atoms. The van der Waals surface area contributed by atoms with E-state index in [0.717, 1.165) is 0 Å². The van der Waals surface area contributed by atoms with Crippen molar-refractivity contribution >= 4 is 33.1 Å². The van der Waals surface area contributed by atoms with Gasteiger partial charge in [-0.15, -0.1) is 0 Å². The average molecular weight is 468 g/mol. The summed E-state index contributed by atoms with van der Waals surface area (Å²) in [4.78, 5) is 21.3. The fraction of sp³-hybridized carbons (Fsp3) is 0.0870. The number of rotatable bonds is 6. The van der Waals surface area contributed by atoms with Crippen LogP contribution in [0.1, 0.15) is 27.6 Å². The smallest absolute Gasteiger partial charge is 0.261 e. The quantitative estimate of drug-likeness (QED) is 0.398. The number of aromatic nitrogens is 2. The standard InChI is InChI=1S/C23H18ClN3O4S/c1-14-4-3-5-21(26-14)23(28)19-12-17(24)8-11-20(19)27-32(29,30)18-9-6-16(7-10-18)22-13-25-15(2)31-22/h3-13,27H,1-2H3. The Hall–Kier alpha value is -3.49. The highest BCUT2D eigenvalue weighted by Crippen LogP contribution is 2.27. The van der Waals surface area contributed by atoms with Crippen LogP contribution in [0.25, 0.3) is 11.3 Å². The third kappa shape index (κ3) is 4.56. The Bertz CT molecular complexity index is 1410. The molecule has 0 saturated carbocycles. The Kier molecular flexibility index (Phi) is 5.82. The maximum atomic E-state index is 13.0. The van der Waals surface area contributed by atoms with Crippen molar-refractivity contribution in [1.29, 1.82) is 0 Å². The number of hydrogen-bond acceptors (Lipinski definition) is 6. The molecule has 7 nitrogen and oxygen atoms in total. The van der Waals surface area contributed by atoms with Crippen molar-refractivity contribution in [3.63, 3.8) is 0 Å². The van der Waals surface area contributed by atoms with Crippen LogP contribution in [-0.4, -0.2) is 24.2 Å². The molecule has 0 aliphatic carbocycles. The number of benzene rings is 2. The van der Waals surface area contributed by atoms with Gasteiger partial charge < -0.3 is 4.42 Å². The molecule has 4 aromatic rings. The molecule has 0 amide bonds. The summed E-state index contributed by atoms with van der Waals surface area (Å²) in [6.07, 6.45) is 1.57. The van der Waals surface area contributed by atoms with Crippen LogP contribution in [0.5, 0.6) is 0 Å². The predicted molar refractivity (Wildman–Crippen MR) is 121 cm³/mol. The minimum Gasteiger partial charge on any atom is -0.441 e. The summed E-state index contributed by atoms with van der Waals surface area (Å²) < 4.78 is 33.9. The first-order valence-corrected chi connectivity index (χ1v) is 11.4. The molecule has 0 aliphatic heterocycles. The van der Waals surface area contributed by atoms with Gasteiger partial charge >= 0.3 is 0 Å². The molecule has 0 aliphatic rings. The zero-order valence-electron chi connectivity index (χ0n) is 17.2. The van der Waals surface area contributed by atoms with Crippen molar-refractivity contribution < 1.29 is 17.6 Å². The summed E-state index contributed by atoms with van der Waals surface area (Å²) in [5.74, 6) is 0.613. The molecule has 0 atom stereocenters. The molecule has 162 valence electrons. The van der Waals surface area contributed by atoms with E-state index < -0.39 is 15.8 Å². The molecule has 32 heavy (non-hydrogen) atoms. The van der Waals surface area contributed by atoms with E-state index in [-0.39, 0.29) is 21.8 Å². The van der Waals surface area contributed by atoms with Gasteiger partial charge in [-0.05, 0) is 61.5 Å². The Morgan fingerprint density at radius 3 is 2.44 bits per heavy atom. The Morgan fingerprint density at radius 2 is 1.78 bits per heavy atom. The van der Waals surface area contributed by atoms with E-state index in [0.29, 0.717) is 27.9 Å². The number of carbonyl (C=O) groups excluding carboxylic acids is 1. The minimum absolute atomic E-state index is 0.0273. The van der Waals surface area contributed by atoms with Crippen LogP contribution in [0, 0.1) is 13.8 Å². The number of nitrogens with zero attached hydrogens (tertiary/aromatic N) is 2. The van der Waals surface area contributed by atoms with Gasteiger partial charge in [0.25, 0.3) is 10.0 Å². The van der Waals surface area contributed by atoms with Gasteiger partial charge in [0.05, 0.1) is 16.8 Å². The molecule has 0 unspecified atom stereocenters. The third-order valence-corrected chi connectivity index (χ3v) is 6.28. The molecule has 0 radical (unpaired) electrons. The molecule has 2 heterocycles. The molecule has 2 aromatic heterocycles. The number of pyridine rings is 1. The fourth-order valence-electron chi connectivity index (χ4n) is 3.10. The zero-order chi connectivity index (χ0) is 22.9. The number of nitrogens with one attached hydrogen (secondary N) is 1.